The first-order valence-electron chi connectivity index (χ1n) is 6.18. The summed E-state index contributed by atoms with van der Waals surface area (Å²) in [6.45, 7) is 0. The lowest BCUT2D eigenvalue weighted by Crippen LogP contribution is -1.97. The van der Waals surface area contributed by atoms with E-state index >= 15 is 0 Å². The predicted octanol–water partition coefficient (Wildman–Crippen LogP) is 4.59. The fourth-order valence-electron chi connectivity index (χ4n) is 1.89. The van der Waals surface area contributed by atoms with Crippen LogP contribution in [-0.4, -0.2) is 5.75 Å². The molecule has 0 aliphatic heterocycles. The maximum absolute atomic E-state index is 8.52. The molecule has 0 amide bonds. The summed E-state index contributed by atoms with van der Waals surface area (Å²) in [5.74, 6) is 0.835. The van der Waals surface area contributed by atoms with Crippen LogP contribution in [0.2, 0.25) is 0 Å². The quantitative estimate of drug-likeness (QED) is 0.738. The molecule has 0 fully saturated rings. The summed E-state index contributed by atoms with van der Waals surface area (Å²) in [6, 6.07) is 23.0. The zero-order chi connectivity index (χ0) is 13.3. The van der Waals surface area contributed by atoms with Crippen LogP contribution >= 0.6 is 11.8 Å². The van der Waals surface area contributed by atoms with Crippen LogP contribution in [0.25, 0.3) is 0 Å². The van der Waals surface area contributed by atoms with Gasteiger partial charge in [0.1, 0.15) is 0 Å². The maximum Gasteiger partial charge on any atom is 0.0908 e. The number of nitriles is 1. The van der Waals surface area contributed by atoms with Gasteiger partial charge in [0.05, 0.1) is 11.3 Å². The van der Waals surface area contributed by atoms with Crippen molar-refractivity contribution in [3.8, 4) is 6.07 Å². The van der Waals surface area contributed by atoms with E-state index in [0.717, 1.165) is 5.75 Å². The van der Waals surface area contributed by atoms with E-state index in [-0.39, 0.29) is 0 Å². The average molecular weight is 265 g/mol. The van der Waals surface area contributed by atoms with Gasteiger partial charge in [-0.15, -0.1) is 11.8 Å². The summed E-state index contributed by atoms with van der Waals surface area (Å²) >= 11 is 1.83. The molecule has 0 atom stereocenters. The van der Waals surface area contributed by atoms with Crippen molar-refractivity contribution < 1.29 is 0 Å². The fourth-order valence-corrected chi connectivity index (χ4v) is 2.99. The first-order chi connectivity index (χ1) is 9.42. The smallest absolute Gasteiger partial charge is 0.0908 e. The van der Waals surface area contributed by atoms with E-state index in [1.165, 1.54) is 11.1 Å². The maximum atomic E-state index is 8.52. The van der Waals surface area contributed by atoms with Crippen molar-refractivity contribution in [2.45, 2.75) is 5.25 Å². The van der Waals surface area contributed by atoms with Gasteiger partial charge < -0.3 is 0 Å². The number of rotatable bonds is 5. The van der Waals surface area contributed by atoms with Gasteiger partial charge in [0.15, 0.2) is 0 Å². The van der Waals surface area contributed by atoms with E-state index < -0.39 is 0 Å². The van der Waals surface area contributed by atoms with Crippen molar-refractivity contribution >= 4 is 11.8 Å². The molecule has 0 aliphatic rings. The van der Waals surface area contributed by atoms with Gasteiger partial charge in [-0.3, -0.25) is 0 Å². The summed E-state index contributed by atoms with van der Waals surface area (Å²) in [5.41, 5.74) is 2.59. The third-order valence-electron chi connectivity index (χ3n) is 2.76. The molecule has 0 unspecified atom stereocenters. The molecule has 0 N–H and O–H groups in total. The predicted molar refractivity (Wildman–Crippen MR) is 81.9 cm³/mol. The van der Waals surface area contributed by atoms with Crippen LogP contribution in [0.3, 0.4) is 0 Å². The zero-order valence-corrected chi connectivity index (χ0v) is 11.4. The first-order valence-corrected chi connectivity index (χ1v) is 7.23. The third kappa shape index (κ3) is 4.01. The minimum absolute atomic E-state index is 0.311. The Morgan fingerprint density at radius 3 is 1.95 bits per heavy atom. The van der Waals surface area contributed by atoms with Crippen LogP contribution in [0.1, 0.15) is 16.4 Å². The third-order valence-corrected chi connectivity index (χ3v) is 4.02. The molecule has 2 aromatic carbocycles. The van der Waals surface area contributed by atoms with Crippen LogP contribution < -0.4 is 0 Å². The SMILES string of the molecule is N#C/C=C/CSC(c1ccccc1)c1ccccc1. The van der Waals surface area contributed by atoms with Crippen LogP contribution in [0.15, 0.2) is 72.8 Å². The highest BCUT2D eigenvalue weighted by Gasteiger charge is 2.12. The molecule has 19 heavy (non-hydrogen) atoms. The largest absolute Gasteiger partial charge is 0.193 e. The Kier molecular flexibility index (Phi) is 5.28. The standard InChI is InChI=1S/C17H15NS/c18-13-7-8-14-19-17(15-9-3-1-4-10-15)16-11-5-2-6-12-16/h1-12,17H,14H2/b8-7+. The number of hydrogen-bond acceptors (Lipinski definition) is 2. The topological polar surface area (TPSA) is 23.8 Å². The van der Waals surface area contributed by atoms with Crippen LogP contribution in [0.5, 0.6) is 0 Å². The molecular weight excluding hydrogens is 250 g/mol. The summed E-state index contributed by atoms with van der Waals surface area (Å²) in [6.07, 6.45) is 3.45. The van der Waals surface area contributed by atoms with Crippen LogP contribution in [-0.2, 0) is 0 Å². The van der Waals surface area contributed by atoms with Gasteiger partial charge >= 0.3 is 0 Å². The molecule has 1 nitrogen and oxygen atoms in total. The molecule has 0 heterocycles. The number of thioether (sulfide) groups is 1. The second kappa shape index (κ2) is 7.45. The Hall–Kier alpha value is -1.98. The highest BCUT2D eigenvalue weighted by Crippen LogP contribution is 2.35. The normalized spacial score (nSPS) is 10.7. The molecule has 0 saturated carbocycles. The molecule has 94 valence electrons. The summed E-state index contributed by atoms with van der Waals surface area (Å²) in [4.78, 5) is 0. The molecule has 0 bridgehead atoms. The second-order valence-corrected chi connectivity index (χ2v) is 5.20. The highest BCUT2D eigenvalue weighted by molar-refractivity contribution is 7.99. The highest BCUT2D eigenvalue weighted by atomic mass is 32.2. The molecule has 0 spiro atoms. The minimum atomic E-state index is 0.311. The van der Waals surface area contributed by atoms with Crippen molar-refractivity contribution in [3.63, 3.8) is 0 Å². The van der Waals surface area contributed by atoms with Gasteiger partial charge in [-0.1, -0.05) is 66.7 Å². The van der Waals surface area contributed by atoms with Gasteiger partial charge in [0, 0.05) is 11.8 Å². The lowest BCUT2D eigenvalue weighted by molar-refractivity contribution is 1.16. The summed E-state index contributed by atoms with van der Waals surface area (Å²) < 4.78 is 0. The Morgan fingerprint density at radius 1 is 0.947 bits per heavy atom. The number of allylic oxidation sites excluding steroid dienone is 1. The van der Waals surface area contributed by atoms with Crippen LogP contribution in [0.4, 0.5) is 0 Å². The Morgan fingerprint density at radius 2 is 1.47 bits per heavy atom. The van der Waals surface area contributed by atoms with Gasteiger partial charge in [0.2, 0.25) is 0 Å². The van der Waals surface area contributed by atoms with E-state index in [2.05, 4.69) is 48.5 Å². The summed E-state index contributed by atoms with van der Waals surface area (Å²) in [5, 5.41) is 8.83. The Balaban J connectivity index is 2.19. The van der Waals surface area contributed by atoms with Crippen molar-refractivity contribution in [1.29, 1.82) is 5.26 Å². The average Bonchev–Trinajstić information content (AvgIpc) is 2.49. The molecule has 2 rings (SSSR count). The molecule has 0 aromatic heterocycles. The molecule has 0 radical (unpaired) electrons. The molecule has 0 aliphatic carbocycles. The molecule has 2 aromatic rings. The van der Waals surface area contributed by atoms with Crippen molar-refractivity contribution in [1.82, 2.24) is 0 Å². The van der Waals surface area contributed by atoms with E-state index in [1.54, 1.807) is 6.08 Å². The Bertz CT molecular complexity index is 515. The number of nitrogens with zero attached hydrogens (tertiary/aromatic N) is 1. The van der Waals surface area contributed by atoms with Gasteiger partial charge in [-0.05, 0) is 11.1 Å². The van der Waals surface area contributed by atoms with E-state index in [0.29, 0.717) is 5.25 Å². The number of hydrogen-bond donors (Lipinski definition) is 0. The van der Waals surface area contributed by atoms with Crippen molar-refractivity contribution in [3.05, 3.63) is 83.9 Å². The fraction of sp³-hybridized carbons (Fsp3) is 0.118. The number of benzene rings is 2. The van der Waals surface area contributed by atoms with Gasteiger partial charge in [0.25, 0.3) is 0 Å². The van der Waals surface area contributed by atoms with Crippen molar-refractivity contribution in [2.24, 2.45) is 0 Å². The van der Waals surface area contributed by atoms with E-state index in [1.807, 2.05) is 36.0 Å². The zero-order valence-electron chi connectivity index (χ0n) is 10.6. The van der Waals surface area contributed by atoms with Gasteiger partial charge in [-0.25, -0.2) is 0 Å². The molecular formula is C17H15NS. The minimum Gasteiger partial charge on any atom is -0.193 e. The molecule has 0 saturated heterocycles. The lowest BCUT2D eigenvalue weighted by Gasteiger charge is -2.16. The Labute approximate surface area is 118 Å². The van der Waals surface area contributed by atoms with Crippen LogP contribution in [0, 0.1) is 11.3 Å². The van der Waals surface area contributed by atoms with E-state index in [4.69, 9.17) is 5.26 Å². The first kappa shape index (κ1) is 13.5. The molecule has 2 heteroatoms. The second-order valence-electron chi connectivity index (χ2n) is 4.07. The van der Waals surface area contributed by atoms with Gasteiger partial charge in [-0.2, -0.15) is 5.26 Å². The lowest BCUT2D eigenvalue weighted by atomic mass is 10.0. The monoisotopic (exact) mass is 265 g/mol. The van der Waals surface area contributed by atoms with Crippen molar-refractivity contribution in [2.75, 3.05) is 5.75 Å². The summed E-state index contributed by atoms with van der Waals surface area (Å²) in [7, 11) is 0. The van der Waals surface area contributed by atoms with E-state index in [9.17, 15) is 0 Å².